The normalized spacial score (nSPS) is 11.2. The molecule has 5 nitrogen and oxygen atoms in total. The summed E-state index contributed by atoms with van der Waals surface area (Å²) >= 11 is 0. The second kappa shape index (κ2) is 8.44. The smallest absolute Gasteiger partial charge is 0.165 e. The number of para-hydroxylation sites is 1. The average Bonchev–Trinajstić information content (AvgIpc) is 3.22. The quantitative estimate of drug-likeness (QED) is 0.280. The second-order valence-electron chi connectivity index (χ2n) is 9.05. The summed E-state index contributed by atoms with van der Waals surface area (Å²) < 4.78 is 2.22. The third kappa shape index (κ3) is 3.60. The Morgan fingerprint density at radius 2 is 1.36 bits per heavy atom. The summed E-state index contributed by atoms with van der Waals surface area (Å²) in [6, 6.07) is 31.5. The van der Waals surface area contributed by atoms with E-state index in [4.69, 9.17) is 0 Å². The second-order valence-corrected chi connectivity index (χ2v) is 9.05. The Morgan fingerprint density at radius 1 is 0.667 bits per heavy atom. The van der Waals surface area contributed by atoms with Gasteiger partial charge in [0.25, 0.3) is 0 Å². The number of rotatable bonds is 3. The molecule has 0 unspecified atom stereocenters. The summed E-state index contributed by atoms with van der Waals surface area (Å²) in [5.74, 6) is 1.93. The third-order valence-corrected chi connectivity index (χ3v) is 6.53. The number of hydrogen-bond acceptors (Lipinski definition) is 4. The molecule has 0 N–H and O–H groups in total. The zero-order valence-corrected chi connectivity index (χ0v) is 20.3. The van der Waals surface area contributed by atoms with Crippen LogP contribution in [0.25, 0.3) is 50.0 Å². The number of benzene rings is 4. The monoisotopic (exact) mass is 465 g/mol. The number of fused-ring (bicyclic) bond motifs is 3. The molecule has 172 valence electrons. The topological polar surface area (TPSA) is 67.4 Å². The highest BCUT2D eigenvalue weighted by molar-refractivity contribution is 6.11. The fourth-order valence-corrected chi connectivity index (χ4v) is 4.87. The fraction of sp³-hybridized carbons (Fsp3) is 0.0968. The van der Waals surface area contributed by atoms with Crippen molar-refractivity contribution in [3.05, 3.63) is 108 Å². The zero-order valence-electron chi connectivity index (χ0n) is 20.3. The van der Waals surface area contributed by atoms with Crippen LogP contribution in [0.4, 0.5) is 0 Å². The van der Waals surface area contributed by atoms with Gasteiger partial charge in [-0.1, -0.05) is 54.1 Å². The lowest BCUT2D eigenvalue weighted by Crippen LogP contribution is -2.03. The summed E-state index contributed by atoms with van der Waals surface area (Å²) in [5, 5.41) is 12.0. The molecule has 0 spiro atoms. The van der Waals surface area contributed by atoms with E-state index < -0.39 is 0 Å². The van der Waals surface area contributed by atoms with Crippen LogP contribution in [0.5, 0.6) is 0 Å². The summed E-state index contributed by atoms with van der Waals surface area (Å²) in [6.07, 6.45) is 0. The molecule has 0 atom stereocenters. The van der Waals surface area contributed by atoms with Crippen LogP contribution < -0.4 is 0 Å². The Balaban J connectivity index is 1.67. The van der Waals surface area contributed by atoms with E-state index in [2.05, 4.69) is 93.2 Å². The van der Waals surface area contributed by atoms with Gasteiger partial charge in [-0.25, -0.2) is 15.0 Å². The molecule has 0 radical (unpaired) electrons. The molecule has 0 saturated carbocycles. The number of aryl methyl sites for hydroxylation is 3. The standard InChI is InChI=1S/C31H23N5/c1-19-8-11-23(12-9-19)24-13-15-29-27(17-24)25-6-4-5-7-28(25)36(29)30-16-22(18-32)10-14-26(30)31-34-20(2)33-21(3)35-31/h4-17H,1-3H3. The highest BCUT2D eigenvalue weighted by Gasteiger charge is 2.18. The molecular weight excluding hydrogens is 442 g/mol. The number of hydrogen-bond donors (Lipinski definition) is 0. The van der Waals surface area contributed by atoms with Crippen molar-refractivity contribution in [1.29, 1.82) is 5.26 Å². The van der Waals surface area contributed by atoms with Gasteiger partial charge in [-0.2, -0.15) is 5.26 Å². The predicted octanol–water partition coefficient (Wildman–Crippen LogP) is 7.10. The molecule has 2 aromatic heterocycles. The SMILES string of the molecule is Cc1ccc(-c2ccc3c(c2)c2ccccc2n3-c2cc(C#N)ccc2-c2nc(C)nc(C)n2)cc1. The molecule has 0 fully saturated rings. The minimum absolute atomic E-state index is 0.582. The van der Waals surface area contributed by atoms with Gasteiger partial charge in [-0.05, 0) is 68.3 Å². The van der Waals surface area contributed by atoms with Crippen molar-refractivity contribution in [3.63, 3.8) is 0 Å². The van der Waals surface area contributed by atoms with Crippen molar-refractivity contribution in [1.82, 2.24) is 19.5 Å². The fourth-order valence-electron chi connectivity index (χ4n) is 4.87. The van der Waals surface area contributed by atoms with Crippen LogP contribution in [0.2, 0.25) is 0 Å². The van der Waals surface area contributed by atoms with Crippen LogP contribution in [0, 0.1) is 32.1 Å². The first kappa shape index (κ1) is 21.7. The lowest BCUT2D eigenvalue weighted by Gasteiger charge is -2.14. The van der Waals surface area contributed by atoms with Crippen molar-refractivity contribution in [2.24, 2.45) is 0 Å². The van der Waals surface area contributed by atoms with Crippen molar-refractivity contribution in [2.45, 2.75) is 20.8 Å². The summed E-state index contributed by atoms with van der Waals surface area (Å²) in [7, 11) is 0. The Bertz CT molecular complexity index is 1800. The lowest BCUT2D eigenvalue weighted by atomic mass is 10.0. The van der Waals surface area contributed by atoms with Crippen LogP contribution in [0.15, 0.2) is 84.9 Å². The molecule has 0 aliphatic rings. The largest absolute Gasteiger partial charge is 0.308 e. The van der Waals surface area contributed by atoms with Crippen molar-refractivity contribution < 1.29 is 0 Å². The molecule has 0 aliphatic heterocycles. The van der Waals surface area contributed by atoms with E-state index in [-0.39, 0.29) is 0 Å². The number of nitrogens with zero attached hydrogens (tertiary/aromatic N) is 5. The number of aromatic nitrogens is 4. The summed E-state index contributed by atoms with van der Waals surface area (Å²) in [4.78, 5) is 13.6. The van der Waals surface area contributed by atoms with E-state index in [9.17, 15) is 5.26 Å². The van der Waals surface area contributed by atoms with Crippen molar-refractivity contribution in [2.75, 3.05) is 0 Å². The van der Waals surface area contributed by atoms with E-state index >= 15 is 0 Å². The molecule has 0 aliphatic carbocycles. The average molecular weight is 466 g/mol. The molecular formula is C31H23N5. The van der Waals surface area contributed by atoms with Gasteiger partial charge in [0.05, 0.1) is 28.4 Å². The maximum absolute atomic E-state index is 9.72. The Kier molecular flexibility index (Phi) is 5.09. The van der Waals surface area contributed by atoms with Gasteiger partial charge in [0.15, 0.2) is 5.82 Å². The van der Waals surface area contributed by atoms with Crippen LogP contribution >= 0.6 is 0 Å². The summed E-state index contributed by atoms with van der Waals surface area (Å²) in [6.45, 7) is 5.84. The Morgan fingerprint density at radius 3 is 2.11 bits per heavy atom. The molecule has 0 amide bonds. The van der Waals surface area contributed by atoms with E-state index in [1.54, 1.807) is 0 Å². The first-order valence-electron chi connectivity index (χ1n) is 11.9. The van der Waals surface area contributed by atoms with Gasteiger partial charge < -0.3 is 4.57 Å². The van der Waals surface area contributed by atoms with Crippen molar-refractivity contribution >= 4 is 21.8 Å². The highest BCUT2D eigenvalue weighted by Crippen LogP contribution is 2.37. The van der Waals surface area contributed by atoms with E-state index in [0.717, 1.165) is 33.1 Å². The maximum atomic E-state index is 9.72. The zero-order chi connectivity index (χ0) is 24.8. The van der Waals surface area contributed by atoms with Gasteiger partial charge >= 0.3 is 0 Å². The summed E-state index contributed by atoms with van der Waals surface area (Å²) in [5.41, 5.74) is 8.02. The Hall–Kier alpha value is -4.82. The van der Waals surface area contributed by atoms with E-state index in [1.807, 2.05) is 38.1 Å². The maximum Gasteiger partial charge on any atom is 0.165 e. The highest BCUT2D eigenvalue weighted by atomic mass is 15.0. The number of nitriles is 1. The predicted molar refractivity (Wildman–Crippen MR) is 144 cm³/mol. The van der Waals surface area contributed by atoms with E-state index in [0.29, 0.717) is 23.0 Å². The lowest BCUT2D eigenvalue weighted by molar-refractivity contribution is 0.926. The molecule has 2 heterocycles. The molecule has 36 heavy (non-hydrogen) atoms. The van der Waals surface area contributed by atoms with Gasteiger partial charge in [0.2, 0.25) is 0 Å². The van der Waals surface area contributed by atoms with Gasteiger partial charge in [-0.3, -0.25) is 0 Å². The molecule has 5 heteroatoms. The Labute approximate surface area is 209 Å². The van der Waals surface area contributed by atoms with Gasteiger partial charge in [0, 0.05) is 16.3 Å². The molecule has 6 rings (SSSR count). The minimum atomic E-state index is 0.582. The molecule has 4 aromatic carbocycles. The van der Waals surface area contributed by atoms with Crippen LogP contribution in [-0.2, 0) is 0 Å². The van der Waals surface area contributed by atoms with Gasteiger partial charge in [-0.15, -0.1) is 0 Å². The first-order chi connectivity index (χ1) is 17.5. The third-order valence-electron chi connectivity index (χ3n) is 6.53. The molecule has 0 bridgehead atoms. The van der Waals surface area contributed by atoms with Gasteiger partial charge in [0.1, 0.15) is 11.6 Å². The minimum Gasteiger partial charge on any atom is -0.308 e. The molecule has 0 saturated heterocycles. The van der Waals surface area contributed by atoms with Crippen LogP contribution in [0.1, 0.15) is 22.8 Å². The van der Waals surface area contributed by atoms with E-state index in [1.165, 1.54) is 16.7 Å². The van der Waals surface area contributed by atoms with Crippen molar-refractivity contribution in [3.8, 4) is 34.3 Å². The first-order valence-corrected chi connectivity index (χ1v) is 11.9. The van der Waals surface area contributed by atoms with Crippen LogP contribution in [0.3, 0.4) is 0 Å². The van der Waals surface area contributed by atoms with Crippen LogP contribution in [-0.4, -0.2) is 19.5 Å². The molecule has 6 aromatic rings.